The van der Waals surface area contributed by atoms with Crippen molar-refractivity contribution in [1.82, 2.24) is 0 Å². The molecule has 1 nitrogen and oxygen atoms in total. The van der Waals surface area contributed by atoms with Gasteiger partial charge in [-0.05, 0) is 85.2 Å². The molecule has 116 valence electrons. The lowest BCUT2D eigenvalue weighted by molar-refractivity contribution is 0.0137. The van der Waals surface area contributed by atoms with Gasteiger partial charge >= 0.3 is 0 Å². The molecule has 4 aliphatic carbocycles. The van der Waals surface area contributed by atoms with Crippen LogP contribution in [0.1, 0.15) is 65.2 Å². The number of rotatable bonds is 1. The number of allylic oxidation sites excluding steroid dienone is 2. The van der Waals surface area contributed by atoms with E-state index in [1.54, 1.807) is 5.57 Å². The maximum atomic E-state index is 9.88. The van der Waals surface area contributed by atoms with Crippen LogP contribution in [0.4, 0.5) is 0 Å². The van der Waals surface area contributed by atoms with Gasteiger partial charge in [0.05, 0.1) is 6.10 Å². The van der Waals surface area contributed by atoms with Crippen LogP contribution in [0.15, 0.2) is 23.3 Å². The molecule has 0 aromatic heterocycles. The Balaban J connectivity index is 1.63. The largest absolute Gasteiger partial charge is 0.389 e. The molecule has 0 bridgehead atoms. The van der Waals surface area contributed by atoms with Gasteiger partial charge in [0.2, 0.25) is 0 Å². The van der Waals surface area contributed by atoms with Crippen molar-refractivity contribution >= 4 is 0 Å². The molecule has 0 saturated heterocycles. The number of aliphatic hydroxyl groups is 1. The molecule has 0 aromatic rings. The minimum absolute atomic E-state index is 0.217. The van der Waals surface area contributed by atoms with Gasteiger partial charge in [-0.25, -0.2) is 0 Å². The molecular formula is C20H30O. The summed E-state index contributed by atoms with van der Waals surface area (Å²) in [7, 11) is 0. The molecule has 0 aliphatic heterocycles. The lowest BCUT2D eigenvalue weighted by atomic mass is 9.53. The molecule has 4 aliphatic rings. The van der Waals surface area contributed by atoms with Crippen LogP contribution in [0.2, 0.25) is 0 Å². The maximum Gasteiger partial charge on any atom is 0.0761 e. The van der Waals surface area contributed by atoms with Gasteiger partial charge in [-0.3, -0.25) is 0 Å². The Morgan fingerprint density at radius 1 is 1.24 bits per heavy atom. The predicted octanol–water partition coefficient (Wildman–Crippen LogP) is 4.87. The van der Waals surface area contributed by atoms with Crippen molar-refractivity contribution in [2.24, 2.45) is 29.1 Å². The van der Waals surface area contributed by atoms with Gasteiger partial charge in [0.15, 0.2) is 0 Å². The van der Waals surface area contributed by atoms with Gasteiger partial charge < -0.3 is 5.11 Å². The smallest absolute Gasteiger partial charge is 0.0761 e. The fraction of sp³-hybridized carbons (Fsp3) is 0.800. The Bertz CT molecular complexity index is 488. The van der Waals surface area contributed by atoms with E-state index in [0.29, 0.717) is 5.41 Å². The molecule has 0 amide bonds. The second-order valence-corrected chi connectivity index (χ2v) is 8.30. The normalized spacial score (nSPS) is 48.8. The molecule has 6 atom stereocenters. The summed E-state index contributed by atoms with van der Waals surface area (Å²) in [6.07, 6.45) is 14.9. The highest BCUT2D eigenvalue weighted by molar-refractivity contribution is 5.40. The van der Waals surface area contributed by atoms with Crippen molar-refractivity contribution in [1.29, 1.82) is 0 Å². The van der Waals surface area contributed by atoms with Crippen molar-refractivity contribution in [3.63, 3.8) is 0 Å². The second-order valence-electron chi connectivity index (χ2n) is 8.30. The summed E-state index contributed by atoms with van der Waals surface area (Å²) in [4.78, 5) is 0. The zero-order valence-corrected chi connectivity index (χ0v) is 13.6. The molecule has 0 spiro atoms. The summed E-state index contributed by atoms with van der Waals surface area (Å²) < 4.78 is 0. The summed E-state index contributed by atoms with van der Waals surface area (Å²) in [5.74, 6) is 3.68. The topological polar surface area (TPSA) is 20.2 Å². The molecule has 21 heavy (non-hydrogen) atoms. The van der Waals surface area contributed by atoms with Crippen molar-refractivity contribution in [2.75, 3.05) is 0 Å². The molecule has 1 N–H and O–H groups in total. The van der Waals surface area contributed by atoms with Crippen LogP contribution >= 0.6 is 0 Å². The lowest BCUT2D eigenvalue weighted by Crippen LogP contribution is -2.43. The summed E-state index contributed by atoms with van der Waals surface area (Å²) in [5, 5.41) is 9.88. The van der Waals surface area contributed by atoms with Gasteiger partial charge in [0.25, 0.3) is 0 Å². The van der Waals surface area contributed by atoms with Crippen LogP contribution in [0.3, 0.4) is 0 Å². The molecule has 1 heteroatoms. The first-order chi connectivity index (χ1) is 10.1. The Hall–Kier alpha value is -0.560. The van der Waals surface area contributed by atoms with Crippen LogP contribution in [-0.2, 0) is 0 Å². The summed E-state index contributed by atoms with van der Waals surface area (Å²) >= 11 is 0. The highest BCUT2D eigenvalue weighted by Crippen LogP contribution is 2.63. The minimum Gasteiger partial charge on any atom is -0.389 e. The number of hydrogen-bond acceptors (Lipinski definition) is 1. The fourth-order valence-corrected chi connectivity index (χ4v) is 6.57. The average molecular weight is 286 g/mol. The zero-order chi connectivity index (χ0) is 14.6. The molecule has 3 fully saturated rings. The molecule has 3 saturated carbocycles. The van der Waals surface area contributed by atoms with Crippen LogP contribution in [0, 0.1) is 29.1 Å². The standard InChI is InChI=1S/C20H30O/c1-3-14-5-9-19-18-7-4-13-12-15(21)6-8-16(13)17(18)10-11-20(14,19)2/h8,12,14-15,17-19,21H,3-7,9-11H2,1-2H3/t14-,15?,17?,18?,19?,20+/m0/s1. The zero-order valence-electron chi connectivity index (χ0n) is 13.6. The Labute approximate surface area is 129 Å². The summed E-state index contributed by atoms with van der Waals surface area (Å²) in [6, 6.07) is 0. The van der Waals surface area contributed by atoms with Crippen molar-refractivity contribution in [3.8, 4) is 0 Å². The number of aliphatic hydroxyl groups excluding tert-OH is 1. The Kier molecular flexibility index (Phi) is 3.33. The first-order valence-corrected chi connectivity index (χ1v) is 9.22. The molecule has 0 aromatic carbocycles. The predicted molar refractivity (Wildman–Crippen MR) is 86.8 cm³/mol. The third-order valence-corrected chi connectivity index (χ3v) is 7.62. The summed E-state index contributed by atoms with van der Waals surface area (Å²) in [6.45, 7) is 5.01. The van der Waals surface area contributed by atoms with Crippen LogP contribution < -0.4 is 0 Å². The SMILES string of the molecule is CC[C@H]1CCC2C3CCC4=CC(O)CC=C4C3CC[C@@]21C. The Morgan fingerprint density at radius 2 is 2.10 bits per heavy atom. The summed E-state index contributed by atoms with van der Waals surface area (Å²) in [5.41, 5.74) is 3.76. The van der Waals surface area contributed by atoms with Gasteiger partial charge in [0, 0.05) is 0 Å². The monoisotopic (exact) mass is 286 g/mol. The van der Waals surface area contributed by atoms with E-state index >= 15 is 0 Å². The van der Waals surface area contributed by atoms with Gasteiger partial charge in [-0.2, -0.15) is 0 Å². The average Bonchev–Trinajstić information content (AvgIpc) is 2.83. The van der Waals surface area contributed by atoms with Crippen molar-refractivity contribution < 1.29 is 5.11 Å². The highest BCUT2D eigenvalue weighted by Gasteiger charge is 2.54. The van der Waals surface area contributed by atoms with E-state index in [9.17, 15) is 5.11 Å². The van der Waals surface area contributed by atoms with E-state index in [1.165, 1.54) is 50.5 Å². The van der Waals surface area contributed by atoms with E-state index < -0.39 is 0 Å². The van der Waals surface area contributed by atoms with E-state index in [1.807, 2.05) is 0 Å². The molecule has 0 radical (unpaired) electrons. The fourth-order valence-electron chi connectivity index (χ4n) is 6.57. The minimum atomic E-state index is -0.217. The first kappa shape index (κ1) is 14.1. The van der Waals surface area contributed by atoms with E-state index in [0.717, 1.165) is 30.1 Å². The van der Waals surface area contributed by atoms with E-state index in [2.05, 4.69) is 26.0 Å². The van der Waals surface area contributed by atoms with Crippen LogP contribution in [-0.4, -0.2) is 11.2 Å². The van der Waals surface area contributed by atoms with E-state index in [-0.39, 0.29) is 6.10 Å². The van der Waals surface area contributed by atoms with Crippen molar-refractivity contribution in [3.05, 3.63) is 23.3 Å². The van der Waals surface area contributed by atoms with Crippen LogP contribution in [0.5, 0.6) is 0 Å². The number of hydrogen-bond donors (Lipinski definition) is 1. The maximum absolute atomic E-state index is 9.88. The second kappa shape index (κ2) is 4.98. The lowest BCUT2D eigenvalue weighted by Gasteiger charge is -2.52. The van der Waals surface area contributed by atoms with Crippen molar-refractivity contribution in [2.45, 2.75) is 71.3 Å². The Morgan fingerprint density at radius 3 is 2.90 bits per heavy atom. The third-order valence-electron chi connectivity index (χ3n) is 7.62. The highest BCUT2D eigenvalue weighted by atomic mass is 16.3. The first-order valence-electron chi connectivity index (χ1n) is 9.22. The molecule has 4 rings (SSSR count). The van der Waals surface area contributed by atoms with Gasteiger partial charge in [-0.15, -0.1) is 0 Å². The molecule has 0 heterocycles. The quantitative estimate of drug-likeness (QED) is 0.729. The third kappa shape index (κ3) is 2.00. The van der Waals surface area contributed by atoms with Crippen LogP contribution in [0.25, 0.3) is 0 Å². The molecular weight excluding hydrogens is 256 g/mol. The van der Waals surface area contributed by atoms with Gasteiger partial charge in [0.1, 0.15) is 0 Å². The number of fused-ring (bicyclic) bond motifs is 5. The molecule has 4 unspecified atom stereocenters. The van der Waals surface area contributed by atoms with E-state index in [4.69, 9.17) is 0 Å². The van der Waals surface area contributed by atoms with Gasteiger partial charge in [-0.1, -0.05) is 32.4 Å².